The van der Waals surface area contributed by atoms with E-state index in [2.05, 4.69) is 10.3 Å². The number of benzene rings is 1. The fourth-order valence-electron chi connectivity index (χ4n) is 1.74. The van der Waals surface area contributed by atoms with Crippen molar-refractivity contribution in [3.05, 3.63) is 56.8 Å². The van der Waals surface area contributed by atoms with Crippen LogP contribution in [0.25, 0.3) is 0 Å². The first-order valence-electron chi connectivity index (χ1n) is 6.84. The van der Waals surface area contributed by atoms with Gasteiger partial charge >= 0.3 is 5.97 Å². The van der Waals surface area contributed by atoms with Crippen LogP contribution in [0.4, 0.5) is 5.69 Å². The molecule has 0 bridgehead atoms. The van der Waals surface area contributed by atoms with E-state index in [0.29, 0.717) is 5.69 Å². The Morgan fingerprint density at radius 1 is 1.24 bits per heavy atom. The number of amides is 1. The van der Waals surface area contributed by atoms with E-state index in [1.807, 2.05) is 6.07 Å². The molecule has 0 radical (unpaired) electrons. The normalized spacial score (nSPS) is 11.3. The average Bonchev–Trinajstić information content (AvgIpc) is 2.57. The van der Waals surface area contributed by atoms with Gasteiger partial charge in [-0.1, -0.05) is 34.8 Å². The predicted octanol–water partition coefficient (Wildman–Crippen LogP) is 4.10. The van der Waals surface area contributed by atoms with Crippen LogP contribution in [-0.2, 0) is 9.53 Å². The first-order chi connectivity index (χ1) is 11.8. The zero-order valence-electron chi connectivity index (χ0n) is 12.7. The number of nitrogens with one attached hydrogen (secondary N) is 1. The summed E-state index contributed by atoms with van der Waals surface area (Å²) in [5.41, 5.74) is 0.717. The highest BCUT2D eigenvalue weighted by Gasteiger charge is 2.20. The third-order valence-electron chi connectivity index (χ3n) is 3.04. The van der Waals surface area contributed by atoms with Crippen LogP contribution in [0.5, 0.6) is 0 Å². The molecule has 0 saturated heterocycles. The van der Waals surface area contributed by atoms with Crippen molar-refractivity contribution in [2.45, 2.75) is 13.0 Å². The zero-order valence-corrected chi connectivity index (χ0v) is 15.0. The van der Waals surface area contributed by atoms with Gasteiger partial charge in [0, 0.05) is 11.9 Å². The molecule has 6 nitrogen and oxygen atoms in total. The maximum absolute atomic E-state index is 12.1. The number of anilines is 1. The van der Waals surface area contributed by atoms with Gasteiger partial charge in [-0.05, 0) is 31.2 Å². The van der Waals surface area contributed by atoms with Crippen LogP contribution in [0, 0.1) is 11.3 Å². The van der Waals surface area contributed by atoms with Crippen LogP contribution >= 0.6 is 34.8 Å². The third kappa shape index (κ3) is 4.83. The molecule has 9 heteroatoms. The van der Waals surface area contributed by atoms with Crippen molar-refractivity contribution < 1.29 is 14.3 Å². The van der Waals surface area contributed by atoms with Gasteiger partial charge in [-0.25, -0.2) is 9.78 Å². The van der Waals surface area contributed by atoms with Crippen molar-refractivity contribution in [3.63, 3.8) is 0 Å². The first kappa shape index (κ1) is 19.0. The van der Waals surface area contributed by atoms with Crippen molar-refractivity contribution in [2.24, 2.45) is 0 Å². The number of hydrogen-bond donors (Lipinski definition) is 1. The van der Waals surface area contributed by atoms with E-state index in [0.717, 1.165) is 0 Å². The minimum atomic E-state index is -1.09. The summed E-state index contributed by atoms with van der Waals surface area (Å²) in [4.78, 5) is 27.9. The second-order valence-electron chi connectivity index (χ2n) is 4.84. The molecular formula is C16H10Cl3N3O3. The van der Waals surface area contributed by atoms with Gasteiger partial charge < -0.3 is 10.1 Å². The molecule has 0 saturated carbocycles. The summed E-state index contributed by atoms with van der Waals surface area (Å²) in [7, 11) is 0. The molecule has 1 unspecified atom stereocenters. The van der Waals surface area contributed by atoms with E-state index in [9.17, 15) is 9.59 Å². The number of hydrogen-bond acceptors (Lipinski definition) is 5. The maximum atomic E-state index is 12.1. The van der Waals surface area contributed by atoms with Crippen LogP contribution in [0.2, 0.25) is 15.2 Å². The molecule has 1 N–H and O–H groups in total. The smallest absolute Gasteiger partial charge is 0.340 e. The Morgan fingerprint density at radius 2 is 1.96 bits per heavy atom. The molecule has 25 heavy (non-hydrogen) atoms. The fraction of sp³-hybridized carbons (Fsp3) is 0.125. The summed E-state index contributed by atoms with van der Waals surface area (Å²) < 4.78 is 5.06. The number of aromatic nitrogens is 1. The van der Waals surface area contributed by atoms with E-state index in [-0.39, 0.29) is 26.3 Å². The van der Waals surface area contributed by atoms with Gasteiger partial charge in [0.1, 0.15) is 11.2 Å². The zero-order chi connectivity index (χ0) is 18.6. The van der Waals surface area contributed by atoms with Crippen LogP contribution in [0.15, 0.2) is 30.5 Å². The molecule has 0 fully saturated rings. The van der Waals surface area contributed by atoms with E-state index >= 15 is 0 Å². The molecule has 0 aliphatic carbocycles. The Balaban J connectivity index is 2.02. The van der Waals surface area contributed by atoms with Gasteiger partial charge in [0.15, 0.2) is 6.10 Å². The van der Waals surface area contributed by atoms with Crippen LogP contribution < -0.4 is 5.32 Å². The van der Waals surface area contributed by atoms with Crippen molar-refractivity contribution in [3.8, 4) is 6.07 Å². The summed E-state index contributed by atoms with van der Waals surface area (Å²) in [6, 6.07) is 7.61. The van der Waals surface area contributed by atoms with E-state index in [4.69, 9.17) is 44.8 Å². The topological polar surface area (TPSA) is 92.1 Å². The SMILES string of the molecule is CC(OC(=O)c1cnc(Cl)c(Cl)c1)C(=O)Nc1ccc(C#N)c(Cl)c1. The second-order valence-corrected chi connectivity index (χ2v) is 6.01. The molecule has 1 aromatic heterocycles. The summed E-state index contributed by atoms with van der Waals surface area (Å²) in [6.45, 7) is 1.41. The highest BCUT2D eigenvalue weighted by molar-refractivity contribution is 6.41. The highest BCUT2D eigenvalue weighted by atomic mass is 35.5. The average molecular weight is 399 g/mol. The Morgan fingerprint density at radius 3 is 2.56 bits per heavy atom. The van der Waals surface area contributed by atoms with Gasteiger partial charge in [0.25, 0.3) is 5.91 Å². The molecule has 0 aliphatic heterocycles. The number of halogens is 3. The first-order valence-corrected chi connectivity index (χ1v) is 7.97. The summed E-state index contributed by atoms with van der Waals surface area (Å²) in [5.74, 6) is -1.34. The number of esters is 1. The molecule has 1 heterocycles. The summed E-state index contributed by atoms with van der Waals surface area (Å²) in [6.07, 6.45) is 0.109. The number of nitriles is 1. The fourth-order valence-corrected chi connectivity index (χ4v) is 2.23. The molecule has 2 rings (SSSR count). The number of carbonyl (C=O) groups is 2. The minimum absolute atomic E-state index is 0.0571. The number of ether oxygens (including phenoxy) is 1. The lowest BCUT2D eigenvalue weighted by Gasteiger charge is -2.14. The van der Waals surface area contributed by atoms with Crippen molar-refractivity contribution >= 4 is 52.4 Å². The lowest BCUT2D eigenvalue weighted by molar-refractivity contribution is -0.123. The quantitative estimate of drug-likeness (QED) is 0.618. The van der Waals surface area contributed by atoms with E-state index in [1.54, 1.807) is 0 Å². The lowest BCUT2D eigenvalue weighted by Crippen LogP contribution is -2.30. The molecule has 0 aliphatic rings. The summed E-state index contributed by atoms with van der Waals surface area (Å²) in [5, 5.41) is 11.7. The number of rotatable bonds is 4. The molecule has 1 aromatic carbocycles. The van der Waals surface area contributed by atoms with Crippen molar-refractivity contribution in [1.29, 1.82) is 5.26 Å². The molecule has 0 spiro atoms. The molecular weight excluding hydrogens is 389 g/mol. The highest BCUT2D eigenvalue weighted by Crippen LogP contribution is 2.22. The Hall–Kier alpha value is -2.33. The monoisotopic (exact) mass is 397 g/mol. The van der Waals surface area contributed by atoms with E-state index < -0.39 is 18.0 Å². The molecule has 1 amide bonds. The van der Waals surface area contributed by atoms with Gasteiger partial charge in [-0.15, -0.1) is 0 Å². The largest absolute Gasteiger partial charge is 0.449 e. The van der Waals surface area contributed by atoms with Crippen LogP contribution in [0.1, 0.15) is 22.8 Å². The molecule has 128 valence electrons. The van der Waals surface area contributed by atoms with Crippen LogP contribution in [0.3, 0.4) is 0 Å². The lowest BCUT2D eigenvalue weighted by atomic mass is 10.2. The Bertz CT molecular complexity index is 881. The standard InChI is InChI=1S/C16H10Cl3N3O3/c1-8(25-16(24)10-4-13(18)14(19)21-7-10)15(23)22-11-3-2-9(6-20)12(17)5-11/h2-5,7-8H,1H3,(H,22,23). The number of pyridine rings is 1. The van der Waals surface area contributed by atoms with Gasteiger partial charge in [0.2, 0.25) is 0 Å². The van der Waals surface area contributed by atoms with Crippen molar-refractivity contribution in [1.82, 2.24) is 4.98 Å². The number of carbonyl (C=O) groups excluding carboxylic acids is 2. The molecule has 1 atom stereocenters. The third-order valence-corrected chi connectivity index (χ3v) is 4.04. The second kappa shape index (κ2) is 8.17. The predicted molar refractivity (Wildman–Crippen MR) is 93.9 cm³/mol. The Kier molecular flexibility index (Phi) is 6.21. The van der Waals surface area contributed by atoms with E-state index in [1.165, 1.54) is 37.4 Å². The van der Waals surface area contributed by atoms with Gasteiger partial charge in [-0.2, -0.15) is 5.26 Å². The van der Waals surface area contributed by atoms with Gasteiger partial charge in [0.05, 0.1) is 21.2 Å². The van der Waals surface area contributed by atoms with Gasteiger partial charge in [-0.3, -0.25) is 4.79 Å². The van der Waals surface area contributed by atoms with Crippen molar-refractivity contribution in [2.75, 3.05) is 5.32 Å². The van der Waals surface area contributed by atoms with Crippen LogP contribution in [-0.4, -0.2) is 23.0 Å². The maximum Gasteiger partial charge on any atom is 0.340 e. The summed E-state index contributed by atoms with van der Waals surface area (Å²) >= 11 is 17.4. The number of nitrogens with zero attached hydrogens (tertiary/aromatic N) is 2. The Labute approximate surface area is 158 Å². The minimum Gasteiger partial charge on any atom is -0.449 e. The molecule has 2 aromatic rings.